The molecule has 0 spiro atoms. The van der Waals surface area contributed by atoms with Crippen LogP contribution in [-0.2, 0) is 4.79 Å². The maximum atomic E-state index is 12.9. The average Bonchev–Trinajstić information content (AvgIpc) is 2.94. The monoisotopic (exact) mass is 465 g/mol. The van der Waals surface area contributed by atoms with Crippen molar-refractivity contribution in [1.82, 2.24) is 0 Å². The van der Waals surface area contributed by atoms with Crippen molar-refractivity contribution in [3.63, 3.8) is 0 Å². The van der Waals surface area contributed by atoms with Crippen LogP contribution in [0.3, 0.4) is 0 Å². The van der Waals surface area contributed by atoms with Crippen molar-refractivity contribution in [3.05, 3.63) is 51.3 Å². The number of amides is 1. The van der Waals surface area contributed by atoms with E-state index in [0.717, 1.165) is 10.2 Å². The maximum Gasteiger partial charge on any atom is 0.270 e. The van der Waals surface area contributed by atoms with E-state index in [4.69, 9.17) is 26.4 Å². The Morgan fingerprint density at radius 3 is 2.33 bits per heavy atom. The van der Waals surface area contributed by atoms with Gasteiger partial charge < -0.3 is 14.2 Å². The first-order valence-electron chi connectivity index (χ1n) is 7.82. The quantitative estimate of drug-likeness (QED) is 0.463. The van der Waals surface area contributed by atoms with Crippen LogP contribution in [0.4, 0.5) is 5.69 Å². The zero-order valence-corrected chi connectivity index (χ0v) is 18.0. The molecule has 5 nitrogen and oxygen atoms in total. The van der Waals surface area contributed by atoms with Crippen LogP contribution in [0.25, 0.3) is 6.08 Å². The van der Waals surface area contributed by atoms with Crippen LogP contribution in [0.15, 0.2) is 45.8 Å². The standard InChI is InChI=1S/C19H16BrNO4S2/c1-23-14-10-16(25-3)15(24-2)7-11(14)8-17-18(22)21(19(26)27-17)13-6-4-5-12(20)9-13/h4-10H,1-3H3/b17-8+. The molecule has 3 rings (SSSR count). The van der Waals surface area contributed by atoms with Crippen LogP contribution in [0, 0.1) is 0 Å². The number of hydrogen-bond donors (Lipinski definition) is 0. The van der Waals surface area contributed by atoms with Crippen molar-refractivity contribution in [2.75, 3.05) is 26.2 Å². The second kappa shape index (κ2) is 8.33. The predicted octanol–water partition coefficient (Wildman–Crippen LogP) is 4.88. The van der Waals surface area contributed by atoms with Gasteiger partial charge in [0.2, 0.25) is 0 Å². The van der Waals surface area contributed by atoms with Crippen LogP contribution < -0.4 is 19.1 Å². The van der Waals surface area contributed by atoms with Gasteiger partial charge in [-0.3, -0.25) is 9.69 Å². The lowest BCUT2D eigenvalue weighted by Gasteiger charge is -2.14. The molecule has 1 aliphatic rings. The Labute approximate surface area is 175 Å². The lowest BCUT2D eigenvalue weighted by Crippen LogP contribution is -2.27. The normalized spacial score (nSPS) is 15.4. The van der Waals surface area contributed by atoms with E-state index in [0.29, 0.717) is 32.0 Å². The van der Waals surface area contributed by atoms with E-state index >= 15 is 0 Å². The third-order valence-corrected chi connectivity index (χ3v) is 5.68. The Balaban J connectivity index is 2.01. The number of methoxy groups -OCH3 is 3. The molecule has 0 atom stereocenters. The zero-order chi connectivity index (χ0) is 19.6. The predicted molar refractivity (Wildman–Crippen MR) is 116 cm³/mol. The molecule has 8 heteroatoms. The summed E-state index contributed by atoms with van der Waals surface area (Å²) >= 11 is 10.1. The minimum absolute atomic E-state index is 0.181. The van der Waals surface area contributed by atoms with E-state index in [1.165, 1.54) is 16.7 Å². The average molecular weight is 466 g/mol. The van der Waals surface area contributed by atoms with E-state index in [2.05, 4.69) is 15.9 Å². The molecule has 1 aliphatic heterocycles. The molecule has 0 saturated carbocycles. The lowest BCUT2D eigenvalue weighted by atomic mass is 10.1. The smallest absolute Gasteiger partial charge is 0.270 e. The summed E-state index contributed by atoms with van der Waals surface area (Å²) in [7, 11) is 4.67. The first-order chi connectivity index (χ1) is 13.0. The summed E-state index contributed by atoms with van der Waals surface area (Å²) in [5, 5.41) is 0. The highest BCUT2D eigenvalue weighted by molar-refractivity contribution is 9.10. The molecule has 0 radical (unpaired) electrons. The molecule has 2 aromatic rings. The minimum atomic E-state index is -0.181. The van der Waals surface area contributed by atoms with Gasteiger partial charge >= 0.3 is 0 Å². The number of thiocarbonyl (C=S) groups is 1. The maximum absolute atomic E-state index is 12.9. The molecule has 0 unspecified atom stereocenters. The summed E-state index contributed by atoms with van der Waals surface area (Å²) in [5.74, 6) is 1.49. The SMILES string of the molecule is COc1cc(OC)c(OC)cc1/C=C1/SC(=S)N(c2cccc(Br)c2)C1=O. The second-order valence-corrected chi connectivity index (χ2v) is 8.04. The Kier molecular flexibility index (Phi) is 6.08. The highest BCUT2D eigenvalue weighted by atomic mass is 79.9. The molecule has 0 N–H and O–H groups in total. The van der Waals surface area contributed by atoms with Crippen molar-refractivity contribution in [2.24, 2.45) is 0 Å². The van der Waals surface area contributed by atoms with Crippen molar-refractivity contribution >= 4 is 61.9 Å². The number of nitrogens with zero attached hydrogens (tertiary/aromatic N) is 1. The second-order valence-electron chi connectivity index (χ2n) is 5.45. The summed E-state index contributed by atoms with van der Waals surface area (Å²) in [6.45, 7) is 0. The van der Waals surface area contributed by atoms with Gasteiger partial charge in [-0.2, -0.15) is 0 Å². The topological polar surface area (TPSA) is 48.0 Å². The van der Waals surface area contributed by atoms with Gasteiger partial charge in [0.05, 0.1) is 31.9 Å². The summed E-state index contributed by atoms with van der Waals surface area (Å²) in [5.41, 5.74) is 1.42. The summed E-state index contributed by atoms with van der Waals surface area (Å²) in [6, 6.07) is 10.9. The molecular weight excluding hydrogens is 450 g/mol. The number of halogens is 1. The molecule has 1 heterocycles. The van der Waals surface area contributed by atoms with Crippen molar-refractivity contribution in [3.8, 4) is 17.2 Å². The molecule has 0 aromatic heterocycles. The summed E-state index contributed by atoms with van der Waals surface area (Å²) in [6.07, 6.45) is 1.75. The van der Waals surface area contributed by atoms with Gasteiger partial charge in [-0.1, -0.05) is 46.0 Å². The van der Waals surface area contributed by atoms with Crippen molar-refractivity contribution in [2.45, 2.75) is 0 Å². The van der Waals surface area contributed by atoms with Gasteiger partial charge in [-0.05, 0) is 30.3 Å². The molecule has 0 bridgehead atoms. The molecule has 2 aromatic carbocycles. The van der Waals surface area contributed by atoms with Gasteiger partial charge in [0.1, 0.15) is 5.75 Å². The third kappa shape index (κ3) is 3.97. The molecule has 1 saturated heterocycles. The number of carbonyl (C=O) groups is 1. The van der Waals surface area contributed by atoms with E-state index in [9.17, 15) is 4.79 Å². The zero-order valence-electron chi connectivity index (χ0n) is 14.8. The number of carbonyl (C=O) groups excluding carboxylic acids is 1. The summed E-state index contributed by atoms with van der Waals surface area (Å²) in [4.78, 5) is 15.0. The fourth-order valence-electron chi connectivity index (χ4n) is 2.61. The van der Waals surface area contributed by atoms with Gasteiger partial charge in [-0.15, -0.1) is 0 Å². The molecule has 1 fully saturated rings. The van der Waals surface area contributed by atoms with Crippen LogP contribution in [0.2, 0.25) is 0 Å². The Bertz CT molecular complexity index is 945. The number of thioether (sulfide) groups is 1. The molecular formula is C19H16BrNO4S2. The van der Waals surface area contributed by atoms with Crippen LogP contribution in [-0.4, -0.2) is 31.6 Å². The fraction of sp³-hybridized carbons (Fsp3) is 0.158. The largest absolute Gasteiger partial charge is 0.496 e. The van der Waals surface area contributed by atoms with E-state index in [-0.39, 0.29) is 5.91 Å². The molecule has 0 aliphatic carbocycles. The van der Waals surface area contributed by atoms with Crippen LogP contribution in [0.5, 0.6) is 17.2 Å². The number of ether oxygens (including phenoxy) is 3. The number of rotatable bonds is 5. The van der Waals surface area contributed by atoms with E-state index < -0.39 is 0 Å². The van der Waals surface area contributed by atoms with Crippen LogP contribution in [0.1, 0.15) is 5.56 Å². The third-order valence-electron chi connectivity index (χ3n) is 3.88. The van der Waals surface area contributed by atoms with Gasteiger partial charge in [0, 0.05) is 16.1 Å². The minimum Gasteiger partial charge on any atom is -0.496 e. The molecule has 27 heavy (non-hydrogen) atoms. The van der Waals surface area contributed by atoms with Crippen LogP contribution >= 0.6 is 39.9 Å². The number of anilines is 1. The van der Waals surface area contributed by atoms with Gasteiger partial charge in [-0.25, -0.2) is 0 Å². The Morgan fingerprint density at radius 2 is 1.70 bits per heavy atom. The first-order valence-corrected chi connectivity index (χ1v) is 9.83. The van der Waals surface area contributed by atoms with E-state index in [1.807, 2.05) is 24.3 Å². The highest BCUT2D eigenvalue weighted by Crippen LogP contribution is 2.40. The highest BCUT2D eigenvalue weighted by Gasteiger charge is 2.33. The lowest BCUT2D eigenvalue weighted by molar-refractivity contribution is -0.113. The first kappa shape index (κ1) is 19.7. The number of benzene rings is 2. The Morgan fingerprint density at radius 1 is 1.04 bits per heavy atom. The molecule has 140 valence electrons. The van der Waals surface area contributed by atoms with Gasteiger partial charge in [0.25, 0.3) is 5.91 Å². The van der Waals surface area contributed by atoms with E-state index in [1.54, 1.807) is 39.5 Å². The van der Waals surface area contributed by atoms with Crippen molar-refractivity contribution in [1.29, 1.82) is 0 Å². The summed E-state index contributed by atoms with van der Waals surface area (Å²) < 4.78 is 17.4. The Hall–Kier alpha value is -2.03. The molecule has 1 amide bonds. The fourth-order valence-corrected chi connectivity index (χ4v) is 4.29. The number of hydrogen-bond acceptors (Lipinski definition) is 6. The van der Waals surface area contributed by atoms with Gasteiger partial charge in [0.15, 0.2) is 15.8 Å². The van der Waals surface area contributed by atoms with Crippen molar-refractivity contribution < 1.29 is 19.0 Å².